The van der Waals surface area contributed by atoms with Crippen molar-refractivity contribution < 1.29 is 9.53 Å². The van der Waals surface area contributed by atoms with Crippen molar-refractivity contribution in [2.75, 3.05) is 20.3 Å². The molecule has 6 heteroatoms. The molecule has 1 unspecified atom stereocenters. The van der Waals surface area contributed by atoms with Crippen LogP contribution in [0.25, 0.3) is 21.5 Å². The number of hydrogen-bond acceptors (Lipinski definition) is 4. The van der Waals surface area contributed by atoms with Crippen molar-refractivity contribution >= 4 is 28.3 Å². The van der Waals surface area contributed by atoms with Gasteiger partial charge >= 0.3 is 0 Å². The molecular weight excluding hydrogens is 322 g/mol. The minimum atomic E-state index is 0.116. The summed E-state index contributed by atoms with van der Waals surface area (Å²) >= 11 is 1.55. The summed E-state index contributed by atoms with van der Waals surface area (Å²) in [7, 11) is 1.69. The van der Waals surface area contributed by atoms with Crippen LogP contribution in [0, 0.1) is 0 Å². The fourth-order valence-corrected chi connectivity index (χ4v) is 4.39. The molecule has 5 nitrogen and oxygen atoms in total. The van der Waals surface area contributed by atoms with Crippen molar-refractivity contribution in [2.45, 2.75) is 18.9 Å². The van der Waals surface area contributed by atoms with Crippen molar-refractivity contribution in [3.8, 4) is 10.4 Å². The normalized spacial score (nSPS) is 17.7. The summed E-state index contributed by atoms with van der Waals surface area (Å²) in [5.41, 5.74) is 1.98. The van der Waals surface area contributed by atoms with Gasteiger partial charge in [0, 0.05) is 41.9 Å². The van der Waals surface area contributed by atoms with Crippen molar-refractivity contribution in [3.05, 3.63) is 41.5 Å². The van der Waals surface area contributed by atoms with Crippen LogP contribution in [0.5, 0.6) is 0 Å². The van der Waals surface area contributed by atoms with Crippen LogP contribution in [-0.4, -0.2) is 47.1 Å². The van der Waals surface area contributed by atoms with Crippen LogP contribution in [0.15, 0.2) is 36.7 Å². The molecule has 4 heterocycles. The number of aromatic amines is 1. The fraction of sp³-hybridized carbons (Fsp3) is 0.333. The van der Waals surface area contributed by atoms with E-state index < -0.39 is 0 Å². The monoisotopic (exact) mass is 341 g/mol. The first kappa shape index (κ1) is 15.4. The number of hydrogen-bond donors (Lipinski definition) is 1. The molecular formula is C18H19N3O2S. The summed E-state index contributed by atoms with van der Waals surface area (Å²) in [5.74, 6) is 0.116. The average Bonchev–Trinajstić information content (AvgIpc) is 3.34. The lowest BCUT2D eigenvalue weighted by Crippen LogP contribution is -2.37. The molecule has 3 aromatic heterocycles. The molecule has 1 amide bonds. The van der Waals surface area contributed by atoms with E-state index in [0.29, 0.717) is 6.61 Å². The summed E-state index contributed by atoms with van der Waals surface area (Å²) < 4.78 is 5.25. The van der Waals surface area contributed by atoms with E-state index in [1.165, 1.54) is 0 Å². The number of methoxy groups -OCH3 is 1. The largest absolute Gasteiger partial charge is 0.383 e. The molecule has 1 aliphatic rings. The van der Waals surface area contributed by atoms with Crippen LogP contribution < -0.4 is 0 Å². The first-order valence-corrected chi connectivity index (χ1v) is 8.92. The zero-order valence-corrected chi connectivity index (χ0v) is 14.3. The number of thiophene rings is 1. The Kier molecular flexibility index (Phi) is 4.08. The zero-order valence-electron chi connectivity index (χ0n) is 13.5. The smallest absolute Gasteiger partial charge is 0.264 e. The third-order valence-electron chi connectivity index (χ3n) is 4.54. The molecule has 0 aromatic carbocycles. The first-order valence-electron chi connectivity index (χ1n) is 8.10. The molecule has 1 N–H and O–H groups in total. The summed E-state index contributed by atoms with van der Waals surface area (Å²) in [6.45, 7) is 1.43. The maximum absolute atomic E-state index is 12.9. The first-order chi connectivity index (χ1) is 11.8. The quantitative estimate of drug-likeness (QED) is 0.789. The van der Waals surface area contributed by atoms with E-state index in [2.05, 4.69) is 9.97 Å². The standard InChI is InChI=1S/C18H19N3O2S/c1-23-11-12-3-2-10-21(12)18(22)16-5-4-15(24-16)13-6-8-19-17-14(13)7-9-20-17/h4-9,12H,2-3,10-11H2,1H3,(H,19,20). The van der Waals surface area contributed by atoms with Gasteiger partial charge in [0.05, 0.1) is 17.5 Å². The van der Waals surface area contributed by atoms with Crippen LogP contribution >= 0.6 is 11.3 Å². The van der Waals surface area contributed by atoms with Gasteiger partial charge in [0.2, 0.25) is 0 Å². The van der Waals surface area contributed by atoms with Crippen molar-refractivity contribution in [3.63, 3.8) is 0 Å². The Morgan fingerprint density at radius 1 is 1.42 bits per heavy atom. The molecule has 24 heavy (non-hydrogen) atoms. The molecule has 4 rings (SSSR count). The van der Waals surface area contributed by atoms with Crippen LogP contribution in [0.2, 0.25) is 0 Å². The van der Waals surface area contributed by atoms with Gasteiger partial charge in [0.15, 0.2) is 0 Å². The van der Waals surface area contributed by atoms with E-state index in [-0.39, 0.29) is 11.9 Å². The molecule has 0 bridgehead atoms. The Morgan fingerprint density at radius 3 is 3.21 bits per heavy atom. The van der Waals surface area contributed by atoms with E-state index in [4.69, 9.17) is 4.74 Å². The second-order valence-electron chi connectivity index (χ2n) is 6.01. The SMILES string of the molecule is COCC1CCCN1C(=O)c1ccc(-c2ccnc3[nH]ccc23)s1. The number of likely N-dealkylation sites (tertiary alicyclic amines) is 1. The van der Waals surface area contributed by atoms with Gasteiger partial charge in [-0.2, -0.15) is 0 Å². The predicted octanol–water partition coefficient (Wildman–Crippen LogP) is 3.54. The maximum Gasteiger partial charge on any atom is 0.264 e. The number of amides is 1. The van der Waals surface area contributed by atoms with Crippen LogP contribution in [0.4, 0.5) is 0 Å². The van der Waals surface area contributed by atoms with Crippen LogP contribution in [-0.2, 0) is 4.74 Å². The lowest BCUT2D eigenvalue weighted by atomic mass is 10.1. The molecule has 1 atom stereocenters. The van der Waals surface area contributed by atoms with E-state index >= 15 is 0 Å². The third-order valence-corrected chi connectivity index (χ3v) is 5.65. The van der Waals surface area contributed by atoms with Gasteiger partial charge < -0.3 is 14.6 Å². The minimum Gasteiger partial charge on any atom is -0.383 e. The Labute approximate surface area is 144 Å². The highest BCUT2D eigenvalue weighted by atomic mass is 32.1. The topological polar surface area (TPSA) is 58.2 Å². The van der Waals surface area contributed by atoms with Gasteiger partial charge in [0.25, 0.3) is 5.91 Å². The second-order valence-corrected chi connectivity index (χ2v) is 7.10. The van der Waals surface area contributed by atoms with E-state index in [0.717, 1.165) is 45.7 Å². The summed E-state index contributed by atoms with van der Waals surface area (Å²) in [6, 6.07) is 8.18. The lowest BCUT2D eigenvalue weighted by molar-refractivity contribution is 0.0635. The minimum absolute atomic E-state index is 0.116. The van der Waals surface area contributed by atoms with Gasteiger partial charge in [-0.3, -0.25) is 4.79 Å². The number of aromatic nitrogens is 2. The van der Waals surface area contributed by atoms with Gasteiger partial charge in [-0.1, -0.05) is 0 Å². The van der Waals surface area contributed by atoms with Crippen molar-refractivity contribution in [1.29, 1.82) is 0 Å². The molecule has 1 fully saturated rings. The highest BCUT2D eigenvalue weighted by molar-refractivity contribution is 7.17. The fourth-order valence-electron chi connectivity index (χ4n) is 3.38. The molecule has 124 valence electrons. The van der Waals surface area contributed by atoms with Gasteiger partial charge in [-0.15, -0.1) is 11.3 Å². The second kappa shape index (κ2) is 6.37. The maximum atomic E-state index is 12.9. The average molecular weight is 341 g/mol. The summed E-state index contributed by atoms with van der Waals surface area (Å²) in [5, 5.41) is 1.08. The Hall–Kier alpha value is -2.18. The van der Waals surface area contributed by atoms with Crippen molar-refractivity contribution in [1.82, 2.24) is 14.9 Å². The van der Waals surface area contributed by atoms with Gasteiger partial charge in [-0.25, -0.2) is 4.98 Å². The number of ether oxygens (including phenoxy) is 1. The van der Waals surface area contributed by atoms with E-state index in [1.54, 1.807) is 24.6 Å². The van der Waals surface area contributed by atoms with Crippen molar-refractivity contribution in [2.24, 2.45) is 0 Å². The number of rotatable bonds is 4. The molecule has 0 radical (unpaired) electrons. The summed E-state index contributed by atoms with van der Waals surface area (Å²) in [6.07, 6.45) is 5.75. The number of fused-ring (bicyclic) bond motifs is 1. The molecule has 3 aromatic rings. The molecule has 1 aliphatic heterocycles. The number of nitrogens with one attached hydrogen (secondary N) is 1. The Morgan fingerprint density at radius 2 is 2.33 bits per heavy atom. The van der Waals surface area contributed by atoms with Crippen LogP contribution in [0.3, 0.4) is 0 Å². The number of nitrogens with zero attached hydrogens (tertiary/aromatic N) is 2. The number of H-pyrrole nitrogens is 1. The third kappa shape index (κ3) is 2.61. The molecule has 0 aliphatic carbocycles. The highest BCUT2D eigenvalue weighted by Crippen LogP contribution is 2.34. The zero-order chi connectivity index (χ0) is 16.5. The van der Waals surface area contributed by atoms with E-state index in [1.807, 2.05) is 35.4 Å². The predicted molar refractivity (Wildman–Crippen MR) is 95.3 cm³/mol. The summed E-state index contributed by atoms with van der Waals surface area (Å²) in [4.78, 5) is 24.1. The van der Waals surface area contributed by atoms with Gasteiger partial charge in [-0.05, 0) is 37.1 Å². The number of carbonyl (C=O) groups is 1. The van der Waals surface area contributed by atoms with Crippen LogP contribution in [0.1, 0.15) is 22.5 Å². The molecule has 1 saturated heterocycles. The lowest BCUT2D eigenvalue weighted by Gasteiger charge is -2.23. The Bertz CT molecular complexity index is 870. The Balaban J connectivity index is 1.63. The van der Waals surface area contributed by atoms with E-state index in [9.17, 15) is 4.79 Å². The highest BCUT2D eigenvalue weighted by Gasteiger charge is 2.30. The molecule has 0 spiro atoms. The van der Waals surface area contributed by atoms with Gasteiger partial charge in [0.1, 0.15) is 5.65 Å². The molecule has 0 saturated carbocycles. The number of pyridine rings is 1. The number of carbonyl (C=O) groups excluding carboxylic acids is 1.